The van der Waals surface area contributed by atoms with E-state index in [0.717, 1.165) is 0 Å². The third-order valence-corrected chi connectivity index (χ3v) is 2.95. The van der Waals surface area contributed by atoms with Crippen molar-refractivity contribution in [3.8, 4) is 0 Å². The Bertz CT molecular complexity index is 682. The van der Waals surface area contributed by atoms with Gasteiger partial charge in [0, 0.05) is 18.3 Å². The third-order valence-electron chi connectivity index (χ3n) is 2.95. The minimum Gasteiger partial charge on any atom is -0.477 e. The van der Waals surface area contributed by atoms with Crippen LogP contribution in [0.25, 0.3) is 0 Å². The molecule has 1 aromatic heterocycles. The zero-order chi connectivity index (χ0) is 15.4. The van der Waals surface area contributed by atoms with E-state index >= 15 is 0 Å². The Labute approximate surface area is 120 Å². The number of carboxylic acids is 1. The van der Waals surface area contributed by atoms with Gasteiger partial charge in [0.25, 0.3) is 0 Å². The lowest BCUT2D eigenvalue weighted by Gasteiger charge is -2.09. The number of nitrogens with zero attached hydrogens (tertiary/aromatic N) is 2. The summed E-state index contributed by atoms with van der Waals surface area (Å²) >= 11 is 0. The fourth-order valence-corrected chi connectivity index (χ4v) is 1.88. The van der Waals surface area contributed by atoms with E-state index in [1.807, 2.05) is 0 Å². The number of nitrogens with one attached hydrogen (secondary N) is 1. The van der Waals surface area contributed by atoms with Crippen LogP contribution < -0.4 is 5.32 Å². The van der Waals surface area contributed by atoms with Crippen molar-refractivity contribution in [2.24, 2.45) is 0 Å². The van der Waals surface area contributed by atoms with Crippen LogP contribution in [0.4, 0.5) is 10.1 Å². The molecule has 2 rings (SSSR count). The number of carbonyl (C=O) groups is 2. The molecule has 2 aromatic rings. The highest BCUT2D eigenvalue weighted by Gasteiger charge is 2.12. The fraction of sp³-hybridized carbons (Fsp3) is 0.214. The van der Waals surface area contributed by atoms with Crippen molar-refractivity contribution < 1.29 is 19.1 Å². The molecule has 0 saturated carbocycles. The molecule has 0 aliphatic heterocycles. The minimum atomic E-state index is -1.10. The summed E-state index contributed by atoms with van der Waals surface area (Å²) in [6.07, 6.45) is 1.43. The first-order valence-corrected chi connectivity index (χ1v) is 6.28. The molecule has 0 bridgehead atoms. The van der Waals surface area contributed by atoms with Crippen LogP contribution in [0.15, 0.2) is 30.5 Å². The van der Waals surface area contributed by atoms with E-state index in [9.17, 15) is 14.0 Å². The first-order chi connectivity index (χ1) is 9.97. The SMILES string of the molecule is Cc1cc(F)ccc1NC(=O)CCn1nccc1C(=O)O. The van der Waals surface area contributed by atoms with Gasteiger partial charge in [-0.05, 0) is 36.8 Å². The molecular formula is C14H14FN3O3. The molecule has 0 fully saturated rings. The van der Waals surface area contributed by atoms with Gasteiger partial charge < -0.3 is 10.4 Å². The van der Waals surface area contributed by atoms with Crippen molar-refractivity contribution in [1.29, 1.82) is 0 Å². The van der Waals surface area contributed by atoms with E-state index < -0.39 is 5.97 Å². The minimum absolute atomic E-state index is 0.0285. The van der Waals surface area contributed by atoms with Gasteiger partial charge in [-0.2, -0.15) is 5.10 Å². The third kappa shape index (κ3) is 3.65. The second kappa shape index (κ2) is 6.17. The number of hydrogen-bond acceptors (Lipinski definition) is 3. The van der Waals surface area contributed by atoms with Crippen LogP contribution in [0.1, 0.15) is 22.5 Å². The monoisotopic (exact) mass is 291 g/mol. The van der Waals surface area contributed by atoms with Crippen LogP contribution in [0, 0.1) is 12.7 Å². The van der Waals surface area contributed by atoms with Gasteiger partial charge >= 0.3 is 5.97 Å². The van der Waals surface area contributed by atoms with Gasteiger partial charge in [-0.3, -0.25) is 9.48 Å². The molecule has 7 heteroatoms. The van der Waals surface area contributed by atoms with Crippen LogP contribution in [0.2, 0.25) is 0 Å². The van der Waals surface area contributed by atoms with Gasteiger partial charge in [-0.25, -0.2) is 9.18 Å². The zero-order valence-electron chi connectivity index (χ0n) is 11.3. The van der Waals surface area contributed by atoms with Crippen molar-refractivity contribution >= 4 is 17.6 Å². The molecule has 0 saturated heterocycles. The molecule has 21 heavy (non-hydrogen) atoms. The molecule has 2 N–H and O–H groups in total. The molecule has 1 aromatic carbocycles. The molecule has 0 unspecified atom stereocenters. The number of benzene rings is 1. The highest BCUT2D eigenvalue weighted by molar-refractivity contribution is 5.91. The molecule has 0 aliphatic carbocycles. The Hall–Kier alpha value is -2.70. The van der Waals surface area contributed by atoms with Crippen molar-refractivity contribution in [3.63, 3.8) is 0 Å². The largest absolute Gasteiger partial charge is 0.477 e. The van der Waals surface area contributed by atoms with E-state index in [1.165, 1.54) is 35.1 Å². The summed E-state index contributed by atoms with van der Waals surface area (Å²) in [5, 5.41) is 15.4. The molecular weight excluding hydrogens is 277 g/mol. The normalized spacial score (nSPS) is 10.4. The average molecular weight is 291 g/mol. The summed E-state index contributed by atoms with van der Waals surface area (Å²) in [6.45, 7) is 1.84. The van der Waals surface area contributed by atoms with Gasteiger partial charge in [0.2, 0.25) is 5.91 Å². The summed E-state index contributed by atoms with van der Waals surface area (Å²) in [4.78, 5) is 22.7. The van der Waals surface area contributed by atoms with Crippen molar-refractivity contribution in [2.75, 3.05) is 5.32 Å². The van der Waals surface area contributed by atoms with Gasteiger partial charge in [0.15, 0.2) is 0 Å². The first-order valence-electron chi connectivity index (χ1n) is 6.28. The number of carbonyl (C=O) groups excluding carboxylic acids is 1. The molecule has 110 valence electrons. The van der Waals surface area contributed by atoms with Crippen LogP contribution in [0.5, 0.6) is 0 Å². The first kappa shape index (κ1) is 14.7. The van der Waals surface area contributed by atoms with Gasteiger partial charge in [0.1, 0.15) is 11.5 Å². The molecule has 0 aliphatic rings. The van der Waals surface area contributed by atoms with Gasteiger partial charge in [-0.15, -0.1) is 0 Å². The van der Waals surface area contributed by atoms with Crippen molar-refractivity contribution in [3.05, 3.63) is 47.5 Å². The number of aromatic carboxylic acids is 1. The fourth-order valence-electron chi connectivity index (χ4n) is 1.88. The lowest BCUT2D eigenvalue weighted by Crippen LogP contribution is -2.17. The zero-order valence-corrected chi connectivity index (χ0v) is 11.3. The Morgan fingerprint density at radius 3 is 2.81 bits per heavy atom. The molecule has 0 spiro atoms. The number of rotatable bonds is 5. The lowest BCUT2D eigenvalue weighted by atomic mass is 10.2. The van der Waals surface area contributed by atoms with Gasteiger partial charge in [-0.1, -0.05) is 0 Å². The van der Waals surface area contributed by atoms with Crippen LogP contribution in [-0.2, 0) is 11.3 Å². The van der Waals surface area contributed by atoms with E-state index in [0.29, 0.717) is 11.3 Å². The predicted molar refractivity (Wildman–Crippen MR) is 73.6 cm³/mol. The maximum atomic E-state index is 13.0. The molecule has 0 radical (unpaired) electrons. The molecule has 1 heterocycles. The summed E-state index contributed by atoms with van der Waals surface area (Å²) in [7, 11) is 0. The maximum Gasteiger partial charge on any atom is 0.354 e. The van der Waals surface area contributed by atoms with E-state index in [4.69, 9.17) is 5.11 Å². The second-order valence-corrected chi connectivity index (χ2v) is 4.50. The Morgan fingerprint density at radius 2 is 2.14 bits per heavy atom. The number of anilines is 1. The summed E-state index contributed by atoms with van der Waals surface area (Å²) in [5.41, 5.74) is 1.18. The van der Waals surface area contributed by atoms with E-state index in [1.54, 1.807) is 6.92 Å². The quantitative estimate of drug-likeness (QED) is 0.883. The number of hydrogen-bond donors (Lipinski definition) is 2. The van der Waals surface area contributed by atoms with E-state index in [2.05, 4.69) is 10.4 Å². The lowest BCUT2D eigenvalue weighted by molar-refractivity contribution is -0.116. The number of aryl methyl sites for hydroxylation is 2. The van der Waals surface area contributed by atoms with Crippen LogP contribution in [-0.4, -0.2) is 26.8 Å². The highest BCUT2D eigenvalue weighted by atomic mass is 19.1. The summed E-state index contributed by atoms with van der Waals surface area (Å²) in [5.74, 6) is -1.76. The second-order valence-electron chi connectivity index (χ2n) is 4.50. The summed E-state index contributed by atoms with van der Waals surface area (Å²) in [6, 6.07) is 5.44. The van der Waals surface area contributed by atoms with Gasteiger partial charge in [0.05, 0.1) is 6.54 Å². The van der Waals surface area contributed by atoms with Crippen molar-refractivity contribution in [2.45, 2.75) is 19.9 Å². The Kier molecular flexibility index (Phi) is 4.32. The number of aromatic nitrogens is 2. The standard InChI is InChI=1S/C14H14FN3O3/c1-9-8-10(15)2-3-11(9)17-13(19)5-7-18-12(14(20)21)4-6-16-18/h2-4,6,8H,5,7H2,1H3,(H,17,19)(H,20,21). The molecule has 1 amide bonds. The predicted octanol–water partition coefficient (Wildman–Crippen LogP) is 2.06. The smallest absolute Gasteiger partial charge is 0.354 e. The topological polar surface area (TPSA) is 84.2 Å². The van der Waals surface area contributed by atoms with Crippen molar-refractivity contribution in [1.82, 2.24) is 9.78 Å². The number of amides is 1. The average Bonchev–Trinajstić information content (AvgIpc) is 2.88. The number of halogens is 1. The molecule has 6 nitrogen and oxygen atoms in total. The van der Waals surface area contributed by atoms with Crippen LogP contribution in [0.3, 0.4) is 0 Å². The highest BCUT2D eigenvalue weighted by Crippen LogP contribution is 2.16. The maximum absolute atomic E-state index is 13.0. The Morgan fingerprint density at radius 1 is 1.38 bits per heavy atom. The van der Waals surface area contributed by atoms with E-state index in [-0.39, 0.29) is 30.4 Å². The summed E-state index contributed by atoms with van der Waals surface area (Å²) < 4.78 is 14.2. The number of carboxylic acid groups (broad SMARTS) is 1. The Balaban J connectivity index is 1.96. The molecule has 0 atom stereocenters. The van der Waals surface area contributed by atoms with Crippen LogP contribution >= 0.6 is 0 Å².